The van der Waals surface area contributed by atoms with Crippen molar-refractivity contribution in [2.45, 2.75) is 89.9 Å². The van der Waals surface area contributed by atoms with Gasteiger partial charge in [-0.15, -0.1) is 11.8 Å². The molecule has 15 nitrogen and oxygen atoms in total. The van der Waals surface area contributed by atoms with Crippen molar-refractivity contribution in [2.24, 2.45) is 0 Å². The molecule has 0 aliphatic carbocycles. The van der Waals surface area contributed by atoms with Crippen LogP contribution in [0.5, 0.6) is 17.2 Å². The number of alkyl halides is 9. The molecule has 0 bridgehead atoms. The molecule has 0 radical (unpaired) electrons. The van der Waals surface area contributed by atoms with E-state index in [2.05, 4.69) is 14.5 Å². The molecular formula is C63H51F9N6O9S3. The molecular weight excluding hydrogens is 1250 g/mol. The van der Waals surface area contributed by atoms with Crippen LogP contribution in [0.4, 0.5) is 39.5 Å². The average molecular weight is 1300 g/mol. The first kappa shape index (κ1) is 73.0. The number of Topliss-reactive ketones (excluding diaryl/α,β-unsaturated/α-hetero) is 3. The minimum absolute atomic E-state index is 0.00229. The van der Waals surface area contributed by atoms with Gasteiger partial charge in [-0.05, 0) is 97.3 Å². The van der Waals surface area contributed by atoms with E-state index in [1.807, 2.05) is 6.26 Å². The predicted molar refractivity (Wildman–Crippen MR) is 313 cm³/mol. The normalized spacial score (nSPS) is 13.6. The lowest BCUT2D eigenvalue weighted by Crippen LogP contribution is -2.32. The van der Waals surface area contributed by atoms with Crippen molar-refractivity contribution in [2.75, 3.05) is 38.6 Å². The third-order valence-electron chi connectivity index (χ3n) is 12.8. The van der Waals surface area contributed by atoms with Crippen LogP contribution >= 0.6 is 11.8 Å². The number of rotatable bonds is 21. The van der Waals surface area contributed by atoms with Gasteiger partial charge in [0.05, 0.1) is 75.7 Å². The van der Waals surface area contributed by atoms with Crippen LogP contribution in [0.25, 0.3) is 14.5 Å². The molecule has 4 atom stereocenters. The molecule has 6 rings (SSSR count). The van der Waals surface area contributed by atoms with Crippen LogP contribution in [0.3, 0.4) is 0 Å². The third-order valence-corrected chi connectivity index (χ3v) is 15.6. The summed E-state index contributed by atoms with van der Waals surface area (Å²) in [6.45, 7) is 25.0. The number of halogens is 9. The zero-order valence-electron chi connectivity index (χ0n) is 48.4. The summed E-state index contributed by atoms with van der Waals surface area (Å²) in [4.78, 5) is 49.3. The maximum absolute atomic E-state index is 13.2. The fourth-order valence-electron chi connectivity index (χ4n) is 7.75. The highest BCUT2D eigenvalue weighted by atomic mass is 32.2. The van der Waals surface area contributed by atoms with E-state index < -0.39 is 121 Å². The number of sulfone groups is 1. The fraction of sp³-hybridized carbons (Fsp3) is 0.286. The van der Waals surface area contributed by atoms with Crippen LogP contribution in [0.2, 0.25) is 0 Å². The van der Waals surface area contributed by atoms with Crippen LogP contribution in [-0.4, -0.2) is 85.2 Å². The van der Waals surface area contributed by atoms with Crippen molar-refractivity contribution < 1.29 is 80.7 Å². The fourth-order valence-corrected chi connectivity index (χ4v) is 9.30. The van der Waals surface area contributed by atoms with Crippen molar-refractivity contribution in [3.63, 3.8) is 0 Å². The zero-order chi connectivity index (χ0) is 67.6. The van der Waals surface area contributed by atoms with E-state index >= 15 is 0 Å². The number of thioether (sulfide) groups is 1. The summed E-state index contributed by atoms with van der Waals surface area (Å²) in [5.41, 5.74) is -6.67. The Morgan fingerprint density at radius 2 is 0.789 bits per heavy atom. The summed E-state index contributed by atoms with van der Waals surface area (Å²) < 4.78 is 169. The highest BCUT2D eigenvalue weighted by molar-refractivity contribution is 7.98. The van der Waals surface area contributed by atoms with E-state index in [1.165, 1.54) is 87.3 Å². The summed E-state index contributed by atoms with van der Waals surface area (Å²) in [5, 5.41) is 26.8. The van der Waals surface area contributed by atoms with Gasteiger partial charge in [-0.1, -0.05) is 36.4 Å². The molecule has 0 spiro atoms. The lowest BCUT2D eigenvalue weighted by molar-refractivity contribution is -0.139. The number of hydrogen-bond acceptors (Lipinski definition) is 13. The van der Waals surface area contributed by atoms with Gasteiger partial charge in [0.15, 0.2) is 47.0 Å². The summed E-state index contributed by atoms with van der Waals surface area (Å²) >= 11 is 1.52. The minimum atomic E-state index is -4.73. The molecule has 0 heterocycles. The second-order valence-corrected chi connectivity index (χ2v) is 24.7. The highest BCUT2D eigenvalue weighted by Gasteiger charge is 2.42. The number of hydrogen-bond donors (Lipinski definition) is 0. The Hall–Kier alpha value is -9.51. The van der Waals surface area contributed by atoms with Gasteiger partial charge in [0, 0.05) is 70.6 Å². The number of carbonyl (C=O) groups is 3. The van der Waals surface area contributed by atoms with Crippen molar-refractivity contribution in [3.8, 4) is 35.5 Å². The van der Waals surface area contributed by atoms with E-state index in [0.717, 1.165) is 65.7 Å². The predicted octanol–water partition coefficient (Wildman–Crippen LogP) is 14.6. The molecule has 0 fully saturated rings. The molecule has 0 aromatic heterocycles. The molecule has 90 heavy (non-hydrogen) atoms. The topological polar surface area (TPSA) is 215 Å². The first-order valence-electron chi connectivity index (χ1n) is 25.8. The highest BCUT2D eigenvalue weighted by Crippen LogP contribution is 2.40. The van der Waals surface area contributed by atoms with Crippen LogP contribution < -0.4 is 14.2 Å². The summed E-state index contributed by atoms with van der Waals surface area (Å²) in [7, 11) is -4.64. The molecule has 27 heteroatoms. The Bertz CT molecular complexity index is 4030. The molecule has 0 saturated carbocycles. The van der Waals surface area contributed by atoms with Gasteiger partial charge in [-0.2, -0.15) is 55.3 Å². The molecule has 0 aliphatic heterocycles. The average Bonchev–Trinajstić information content (AvgIpc) is 0.904. The van der Waals surface area contributed by atoms with Gasteiger partial charge >= 0.3 is 18.5 Å². The van der Waals surface area contributed by atoms with Crippen LogP contribution in [0, 0.1) is 53.7 Å². The van der Waals surface area contributed by atoms with Gasteiger partial charge in [-0.3, -0.25) is 18.6 Å². The van der Waals surface area contributed by atoms with E-state index in [9.17, 15) is 66.5 Å². The summed E-state index contributed by atoms with van der Waals surface area (Å²) in [6, 6.07) is 31.5. The Morgan fingerprint density at radius 1 is 0.511 bits per heavy atom. The standard InChI is InChI=1S/C21H17F3N2O4S.C21H17F3N2O3S.C21H17F3N2O2S/c1-20(26-2,11-18(27)15-5-7-16(8-6-15)31(3,28)29)13-30-19-10-14(12-25)4-9-17(19)21(22,23)24;1-20(26-2,11-18(27)15-5-7-16(8-6-15)30(3)28)13-29-19-10-14(12-25)4-9-17(19)21(22,23)24;1-20(26-2,11-18(27)15-5-7-16(29-3)8-6-15)13-28-19-10-14(12-25)4-9-17(19)21(22,23)24/h4-10H,11,13H2,1,3H3;4-10H,11,13H2,1,3H3;4-10H,11,13H2,1,3H3. The quantitative estimate of drug-likeness (QED) is 0.0284. The number of ketones is 3. The maximum Gasteiger partial charge on any atom is 0.419 e. The Kier molecular flexibility index (Phi) is 24.8. The molecule has 0 N–H and O–H groups in total. The van der Waals surface area contributed by atoms with Gasteiger partial charge in [0.1, 0.15) is 17.2 Å². The largest absolute Gasteiger partial charge is 0.484 e. The number of ether oxygens (including phenoxy) is 3. The second-order valence-electron chi connectivity index (χ2n) is 20.5. The maximum atomic E-state index is 13.2. The SMILES string of the molecule is [C-]#[N+]C(C)(COc1cc(C#N)ccc1C(F)(F)F)CC(=O)c1ccc(S(C)(=O)=O)cc1.[C-]#[N+]C(C)(COc1cc(C#N)ccc1C(F)(F)F)CC(=O)c1ccc(S(C)=O)cc1.[C-]#[N+]C(C)(COc1cc(C#N)ccc1C(F)(F)F)CC(=O)c1ccc(SC)cc1. The number of nitrogens with zero attached hydrogens (tertiary/aromatic N) is 6. The Labute approximate surface area is 519 Å². The monoisotopic (exact) mass is 1300 g/mol. The first-order chi connectivity index (χ1) is 41.9. The smallest absolute Gasteiger partial charge is 0.419 e. The van der Waals surface area contributed by atoms with E-state index in [-0.39, 0.29) is 52.2 Å². The summed E-state index contributed by atoms with van der Waals surface area (Å²) in [6.07, 6.45) is -10.5. The number of carbonyl (C=O) groups excluding carboxylic acids is 3. The van der Waals surface area contributed by atoms with Crippen molar-refractivity contribution in [1.29, 1.82) is 15.8 Å². The summed E-state index contributed by atoms with van der Waals surface area (Å²) in [5.74, 6) is -2.91. The zero-order valence-corrected chi connectivity index (χ0v) is 50.8. The molecule has 6 aromatic carbocycles. The Balaban J connectivity index is 0.000000288. The van der Waals surface area contributed by atoms with Crippen molar-refractivity contribution in [3.05, 3.63) is 212 Å². The first-order valence-corrected chi connectivity index (χ1v) is 30.4. The van der Waals surface area contributed by atoms with Crippen LogP contribution in [0.1, 0.15) is 104 Å². The van der Waals surface area contributed by atoms with E-state index in [1.54, 1.807) is 42.5 Å². The molecule has 0 aliphatic rings. The second kappa shape index (κ2) is 30.6. The number of nitriles is 3. The molecule has 468 valence electrons. The number of benzene rings is 6. The molecule has 0 amide bonds. The van der Waals surface area contributed by atoms with Crippen molar-refractivity contribution in [1.82, 2.24) is 0 Å². The molecule has 4 unspecified atom stereocenters. The molecule has 6 aromatic rings. The van der Waals surface area contributed by atoms with Crippen LogP contribution in [-0.2, 0) is 39.2 Å². The third kappa shape index (κ3) is 21.1. The molecule has 0 saturated heterocycles. The Morgan fingerprint density at radius 3 is 1.02 bits per heavy atom. The van der Waals surface area contributed by atoms with E-state index in [0.29, 0.717) is 16.0 Å². The lowest BCUT2D eigenvalue weighted by Gasteiger charge is -2.19. The van der Waals surface area contributed by atoms with Gasteiger partial charge in [-0.25, -0.2) is 28.1 Å². The van der Waals surface area contributed by atoms with E-state index in [4.69, 9.17) is 49.7 Å². The van der Waals surface area contributed by atoms with Gasteiger partial charge in [0.2, 0.25) is 0 Å². The van der Waals surface area contributed by atoms with Crippen molar-refractivity contribution >= 4 is 49.7 Å². The minimum Gasteiger partial charge on any atom is -0.484 e. The van der Waals surface area contributed by atoms with Gasteiger partial charge in [0.25, 0.3) is 16.6 Å². The lowest BCUT2D eigenvalue weighted by atomic mass is 9.94. The van der Waals surface area contributed by atoms with Gasteiger partial charge < -0.3 is 28.7 Å². The van der Waals surface area contributed by atoms with Crippen LogP contribution in [0.15, 0.2) is 142 Å².